The van der Waals surface area contributed by atoms with Gasteiger partial charge in [0, 0.05) is 19.1 Å². The van der Waals surface area contributed by atoms with Crippen LogP contribution in [0.4, 0.5) is 11.8 Å². The largest absolute Gasteiger partial charge is 0.354 e. The van der Waals surface area contributed by atoms with E-state index in [-0.39, 0.29) is 0 Å². The standard InChI is InChI=1S/C14H22N6/c1-4-15-14-17-12-11(7-16-19-12)13(18-14)20-8-9(2)5-6-10(20)3/h7,9-10H,4-6,8H2,1-3H3,(H2,15,16,17,18,19). The van der Waals surface area contributed by atoms with Gasteiger partial charge in [-0.05, 0) is 32.6 Å². The van der Waals surface area contributed by atoms with Gasteiger partial charge in [-0.2, -0.15) is 15.1 Å². The molecule has 0 saturated carbocycles. The molecule has 6 nitrogen and oxygen atoms in total. The van der Waals surface area contributed by atoms with E-state index in [1.165, 1.54) is 12.8 Å². The summed E-state index contributed by atoms with van der Waals surface area (Å²) in [6.07, 6.45) is 4.32. The predicted molar refractivity (Wildman–Crippen MR) is 81.1 cm³/mol. The second-order valence-corrected chi connectivity index (χ2v) is 5.72. The number of H-pyrrole nitrogens is 1. The fraction of sp³-hybridized carbons (Fsp3) is 0.643. The number of aromatic nitrogens is 4. The van der Waals surface area contributed by atoms with E-state index in [1.54, 1.807) is 0 Å². The Morgan fingerprint density at radius 2 is 2.20 bits per heavy atom. The summed E-state index contributed by atoms with van der Waals surface area (Å²) in [6.45, 7) is 8.48. The van der Waals surface area contributed by atoms with Crippen LogP contribution in [0.25, 0.3) is 11.0 Å². The summed E-state index contributed by atoms with van der Waals surface area (Å²) in [7, 11) is 0. The van der Waals surface area contributed by atoms with Crippen molar-refractivity contribution < 1.29 is 0 Å². The zero-order valence-electron chi connectivity index (χ0n) is 12.3. The number of rotatable bonds is 3. The lowest BCUT2D eigenvalue weighted by molar-refractivity contribution is 0.389. The third kappa shape index (κ3) is 2.30. The quantitative estimate of drug-likeness (QED) is 0.899. The highest BCUT2D eigenvalue weighted by molar-refractivity contribution is 5.87. The smallest absolute Gasteiger partial charge is 0.226 e. The molecule has 108 valence electrons. The van der Waals surface area contributed by atoms with E-state index in [4.69, 9.17) is 4.98 Å². The van der Waals surface area contributed by atoms with Crippen LogP contribution < -0.4 is 10.2 Å². The zero-order valence-corrected chi connectivity index (χ0v) is 12.3. The normalized spacial score (nSPS) is 23.2. The number of hydrogen-bond acceptors (Lipinski definition) is 5. The van der Waals surface area contributed by atoms with E-state index >= 15 is 0 Å². The van der Waals surface area contributed by atoms with Gasteiger partial charge in [-0.25, -0.2) is 0 Å². The van der Waals surface area contributed by atoms with Gasteiger partial charge in [0.25, 0.3) is 0 Å². The molecule has 1 aliphatic rings. The van der Waals surface area contributed by atoms with Gasteiger partial charge in [-0.3, -0.25) is 5.10 Å². The first kappa shape index (κ1) is 13.1. The maximum Gasteiger partial charge on any atom is 0.226 e. The molecular weight excluding hydrogens is 252 g/mol. The van der Waals surface area contributed by atoms with Crippen LogP contribution in [0.15, 0.2) is 6.20 Å². The molecule has 1 aliphatic heterocycles. The van der Waals surface area contributed by atoms with Crippen LogP contribution in [0.5, 0.6) is 0 Å². The summed E-state index contributed by atoms with van der Waals surface area (Å²) in [6, 6.07) is 0.508. The number of nitrogens with zero attached hydrogens (tertiary/aromatic N) is 4. The third-order valence-electron chi connectivity index (χ3n) is 4.01. The van der Waals surface area contributed by atoms with Gasteiger partial charge in [0.15, 0.2) is 5.65 Å². The van der Waals surface area contributed by atoms with Crippen LogP contribution in [0.2, 0.25) is 0 Å². The fourth-order valence-corrected chi connectivity index (χ4v) is 2.86. The van der Waals surface area contributed by atoms with Crippen LogP contribution in [0.1, 0.15) is 33.6 Å². The van der Waals surface area contributed by atoms with Gasteiger partial charge in [0.2, 0.25) is 5.95 Å². The minimum Gasteiger partial charge on any atom is -0.354 e. The SMILES string of the molecule is CCNc1nc(N2CC(C)CCC2C)c2cn[nH]c2n1. The van der Waals surface area contributed by atoms with Crippen molar-refractivity contribution in [3.8, 4) is 0 Å². The fourth-order valence-electron chi connectivity index (χ4n) is 2.86. The first-order valence-electron chi connectivity index (χ1n) is 7.40. The van der Waals surface area contributed by atoms with Gasteiger partial charge in [-0.15, -0.1) is 0 Å². The van der Waals surface area contributed by atoms with Crippen LogP contribution in [-0.2, 0) is 0 Å². The summed E-state index contributed by atoms with van der Waals surface area (Å²) in [5.74, 6) is 2.37. The first-order chi connectivity index (χ1) is 9.69. The Labute approximate surface area is 119 Å². The molecule has 2 aromatic heterocycles. The van der Waals surface area contributed by atoms with Crippen molar-refractivity contribution in [3.05, 3.63) is 6.20 Å². The Morgan fingerprint density at radius 1 is 1.35 bits per heavy atom. The highest BCUT2D eigenvalue weighted by Gasteiger charge is 2.26. The summed E-state index contributed by atoms with van der Waals surface area (Å²) < 4.78 is 0. The van der Waals surface area contributed by atoms with Gasteiger partial charge < -0.3 is 10.2 Å². The molecule has 1 saturated heterocycles. The van der Waals surface area contributed by atoms with Crippen LogP contribution in [-0.4, -0.2) is 39.3 Å². The lowest BCUT2D eigenvalue weighted by atomic mass is 9.95. The van der Waals surface area contributed by atoms with E-state index in [9.17, 15) is 0 Å². The predicted octanol–water partition coefficient (Wildman–Crippen LogP) is 2.41. The summed E-state index contributed by atoms with van der Waals surface area (Å²) >= 11 is 0. The molecule has 0 aromatic carbocycles. The Morgan fingerprint density at radius 3 is 3.00 bits per heavy atom. The van der Waals surface area contributed by atoms with E-state index in [2.05, 4.69) is 39.2 Å². The third-order valence-corrected chi connectivity index (χ3v) is 4.01. The Balaban J connectivity index is 2.05. The lowest BCUT2D eigenvalue weighted by Gasteiger charge is -2.38. The molecule has 0 aliphatic carbocycles. The maximum atomic E-state index is 4.72. The second-order valence-electron chi connectivity index (χ2n) is 5.72. The van der Waals surface area contributed by atoms with E-state index in [0.717, 1.165) is 29.9 Å². The molecule has 3 heterocycles. The molecule has 6 heteroatoms. The molecule has 0 bridgehead atoms. The molecule has 0 radical (unpaired) electrons. The van der Waals surface area contributed by atoms with Gasteiger partial charge in [-0.1, -0.05) is 6.92 Å². The zero-order chi connectivity index (χ0) is 14.1. The van der Waals surface area contributed by atoms with Crippen LogP contribution in [0, 0.1) is 5.92 Å². The molecule has 3 rings (SSSR count). The number of fused-ring (bicyclic) bond motifs is 1. The minimum atomic E-state index is 0.508. The average molecular weight is 274 g/mol. The molecule has 0 amide bonds. The van der Waals surface area contributed by atoms with E-state index in [1.807, 2.05) is 13.1 Å². The summed E-state index contributed by atoms with van der Waals surface area (Å²) in [5.41, 5.74) is 0.802. The van der Waals surface area contributed by atoms with Gasteiger partial charge in [0.05, 0.1) is 11.6 Å². The average Bonchev–Trinajstić information content (AvgIpc) is 2.89. The number of hydrogen-bond donors (Lipinski definition) is 2. The Bertz CT molecular complexity index is 592. The molecular formula is C14H22N6. The Hall–Kier alpha value is -1.85. The molecule has 2 atom stereocenters. The van der Waals surface area contributed by atoms with Crippen molar-refractivity contribution in [2.75, 3.05) is 23.3 Å². The van der Waals surface area contributed by atoms with Crippen LogP contribution >= 0.6 is 0 Å². The first-order valence-corrected chi connectivity index (χ1v) is 7.40. The molecule has 2 unspecified atom stereocenters. The van der Waals surface area contributed by atoms with E-state index < -0.39 is 0 Å². The summed E-state index contributed by atoms with van der Waals surface area (Å²) in [4.78, 5) is 11.6. The van der Waals surface area contributed by atoms with Crippen LogP contribution in [0.3, 0.4) is 0 Å². The van der Waals surface area contributed by atoms with Crippen molar-refractivity contribution in [3.63, 3.8) is 0 Å². The molecule has 20 heavy (non-hydrogen) atoms. The molecule has 2 N–H and O–H groups in total. The van der Waals surface area contributed by atoms with Crippen molar-refractivity contribution >= 4 is 22.8 Å². The number of piperidine rings is 1. The van der Waals surface area contributed by atoms with Crippen molar-refractivity contribution in [1.29, 1.82) is 0 Å². The lowest BCUT2D eigenvalue weighted by Crippen LogP contribution is -2.41. The minimum absolute atomic E-state index is 0.508. The van der Waals surface area contributed by atoms with Crippen molar-refractivity contribution in [2.24, 2.45) is 5.92 Å². The topological polar surface area (TPSA) is 69.7 Å². The maximum absolute atomic E-state index is 4.72. The Kier molecular flexibility index (Phi) is 3.46. The molecule has 2 aromatic rings. The second kappa shape index (κ2) is 5.26. The number of aromatic amines is 1. The van der Waals surface area contributed by atoms with Gasteiger partial charge in [0.1, 0.15) is 5.82 Å². The molecule has 0 spiro atoms. The van der Waals surface area contributed by atoms with Crippen molar-refractivity contribution in [1.82, 2.24) is 20.2 Å². The molecule has 1 fully saturated rings. The highest BCUT2D eigenvalue weighted by atomic mass is 15.3. The van der Waals surface area contributed by atoms with Crippen molar-refractivity contribution in [2.45, 2.75) is 39.7 Å². The van der Waals surface area contributed by atoms with E-state index in [0.29, 0.717) is 17.9 Å². The highest BCUT2D eigenvalue weighted by Crippen LogP contribution is 2.31. The number of anilines is 2. The summed E-state index contributed by atoms with van der Waals surface area (Å²) in [5, 5.41) is 11.3. The van der Waals surface area contributed by atoms with Gasteiger partial charge >= 0.3 is 0 Å². The monoisotopic (exact) mass is 274 g/mol. The number of nitrogens with one attached hydrogen (secondary N) is 2.